The molecule has 1 aromatic carbocycles. The summed E-state index contributed by atoms with van der Waals surface area (Å²) in [5.74, 6) is 0. The molecule has 28 heavy (non-hydrogen) atoms. The maximum Gasteiger partial charge on any atom is 0.0647 e. The van der Waals surface area contributed by atoms with Gasteiger partial charge in [0.2, 0.25) is 0 Å². The Labute approximate surface area is 173 Å². The van der Waals surface area contributed by atoms with Crippen LogP contribution in [0.1, 0.15) is 48.9 Å². The van der Waals surface area contributed by atoms with Crippen LogP contribution in [-0.4, -0.2) is 31.9 Å². The Morgan fingerprint density at radius 3 is 2.18 bits per heavy atom. The molecule has 1 saturated heterocycles. The third kappa shape index (κ3) is 7.73. The lowest BCUT2D eigenvalue weighted by atomic mass is 10.0. The monoisotopic (exact) mass is 384 g/mol. The van der Waals surface area contributed by atoms with Crippen molar-refractivity contribution in [1.29, 1.82) is 0 Å². The van der Waals surface area contributed by atoms with Crippen LogP contribution < -0.4 is 15.6 Å². The van der Waals surface area contributed by atoms with Gasteiger partial charge in [-0.2, -0.15) is 5.10 Å². The Kier molecular flexibility index (Phi) is 11.0. The highest BCUT2D eigenvalue weighted by Crippen LogP contribution is 2.22. The normalized spacial score (nSPS) is 15.1. The second-order valence-corrected chi connectivity index (χ2v) is 7.23. The van der Waals surface area contributed by atoms with Gasteiger partial charge in [0.1, 0.15) is 0 Å². The molecule has 0 unspecified atom stereocenters. The molecule has 0 aliphatic carbocycles. The van der Waals surface area contributed by atoms with Gasteiger partial charge in [0.15, 0.2) is 0 Å². The van der Waals surface area contributed by atoms with E-state index in [-0.39, 0.29) is 1.43 Å². The number of nitrogens with one attached hydrogen (secondary N) is 2. The zero-order valence-corrected chi connectivity index (χ0v) is 18.5. The quantitative estimate of drug-likeness (QED) is 0.273. The summed E-state index contributed by atoms with van der Waals surface area (Å²) >= 11 is 0. The first-order valence-electron chi connectivity index (χ1n) is 10.2. The molecule has 1 heterocycles. The van der Waals surface area contributed by atoms with Crippen LogP contribution in [-0.2, 0) is 0 Å². The van der Waals surface area contributed by atoms with Crippen LogP contribution in [0.2, 0.25) is 0 Å². The second-order valence-electron chi connectivity index (χ2n) is 7.23. The van der Waals surface area contributed by atoms with Crippen LogP contribution in [0.4, 0.5) is 11.4 Å². The predicted octanol–water partition coefficient (Wildman–Crippen LogP) is 6.01. The Balaban J connectivity index is 0.00000184. The number of allylic oxidation sites excluding steroid dienone is 5. The number of anilines is 2. The minimum Gasteiger partial charge on any atom is -0.371 e. The van der Waals surface area contributed by atoms with Gasteiger partial charge in [-0.25, -0.2) is 0 Å². The fourth-order valence-electron chi connectivity index (χ4n) is 3.20. The summed E-state index contributed by atoms with van der Waals surface area (Å²) in [5, 5.41) is 7.91. The van der Waals surface area contributed by atoms with E-state index in [9.17, 15) is 0 Å². The fourth-order valence-corrected chi connectivity index (χ4v) is 3.20. The lowest BCUT2D eigenvalue weighted by Crippen LogP contribution is -2.41. The Morgan fingerprint density at radius 2 is 1.71 bits per heavy atom. The first-order valence-corrected chi connectivity index (χ1v) is 10.2. The highest BCUT2D eigenvalue weighted by molar-refractivity contribution is 6.01. The van der Waals surface area contributed by atoms with Gasteiger partial charge in [0, 0.05) is 26.2 Å². The van der Waals surface area contributed by atoms with Crippen LogP contribution >= 0.6 is 0 Å². The molecule has 0 radical (unpaired) electrons. The van der Waals surface area contributed by atoms with Gasteiger partial charge in [-0.05, 0) is 84.3 Å². The standard InChI is InChI=1S/C21H32N4.C3H6.H2/c1-6-7-21(16(2)3)17(4)23-24-19-8-10-20(11-9-19)25-14-12-18(22-5)13-15-25;1-3-2;/h6-11,18,22,24H,12-15H2,1-5H3;3H,1H2,2H3;1H/b7-6-,23-17+;;. The maximum atomic E-state index is 4.53. The van der Waals surface area contributed by atoms with Gasteiger partial charge in [0.25, 0.3) is 0 Å². The number of nitrogens with zero attached hydrogens (tertiary/aromatic N) is 2. The molecule has 0 amide bonds. The minimum absolute atomic E-state index is 0. The summed E-state index contributed by atoms with van der Waals surface area (Å²) in [5.41, 5.74) is 8.92. The number of hydrogen-bond donors (Lipinski definition) is 2. The van der Waals surface area contributed by atoms with Gasteiger partial charge in [-0.3, -0.25) is 5.43 Å². The van der Waals surface area contributed by atoms with Crippen LogP contribution in [0.5, 0.6) is 0 Å². The summed E-state index contributed by atoms with van der Waals surface area (Å²) in [6.45, 7) is 15.8. The largest absolute Gasteiger partial charge is 0.371 e. The molecular weight excluding hydrogens is 344 g/mol. The van der Waals surface area contributed by atoms with Crippen molar-refractivity contribution in [1.82, 2.24) is 5.32 Å². The molecule has 156 valence electrons. The molecule has 0 saturated carbocycles. The highest BCUT2D eigenvalue weighted by atomic mass is 15.3. The van der Waals surface area contributed by atoms with E-state index in [0.717, 1.165) is 24.5 Å². The van der Waals surface area contributed by atoms with Gasteiger partial charge in [-0.1, -0.05) is 23.8 Å². The van der Waals surface area contributed by atoms with Crippen molar-refractivity contribution in [3.8, 4) is 0 Å². The van der Waals surface area contributed by atoms with E-state index in [0.29, 0.717) is 6.04 Å². The van der Waals surface area contributed by atoms with Crippen molar-refractivity contribution in [2.45, 2.75) is 53.5 Å². The average Bonchev–Trinajstić information content (AvgIpc) is 2.71. The molecule has 2 rings (SSSR count). The van der Waals surface area contributed by atoms with Crippen molar-refractivity contribution in [2.75, 3.05) is 30.5 Å². The third-order valence-electron chi connectivity index (χ3n) is 4.75. The van der Waals surface area contributed by atoms with Crippen LogP contribution in [0.15, 0.2) is 65.3 Å². The minimum atomic E-state index is 0. The van der Waals surface area contributed by atoms with E-state index in [4.69, 9.17) is 0 Å². The zero-order chi connectivity index (χ0) is 20.9. The van der Waals surface area contributed by atoms with E-state index in [1.165, 1.54) is 29.7 Å². The summed E-state index contributed by atoms with van der Waals surface area (Å²) in [6.07, 6.45) is 8.31. The van der Waals surface area contributed by atoms with Crippen molar-refractivity contribution in [3.63, 3.8) is 0 Å². The van der Waals surface area contributed by atoms with Crippen LogP contribution in [0, 0.1) is 0 Å². The van der Waals surface area contributed by atoms with Gasteiger partial charge >= 0.3 is 0 Å². The Bertz CT molecular complexity index is 677. The zero-order valence-electron chi connectivity index (χ0n) is 18.5. The number of rotatable bonds is 6. The SMILES string of the molecule is C/C=C\C(=C(C)C)/C(C)=N/Nc1ccc(N2CCC(NC)CC2)cc1.C=CC.[HH]. The fraction of sp³-hybridized carbons (Fsp3) is 0.458. The van der Waals surface area contributed by atoms with E-state index >= 15 is 0 Å². The topological polar surface area (TPSA) is 39.7 Å². The number of benzene rings is 1. The first kappa shape index (κ1) is 23.7. The summed E-state index contributed by atoms with van der Waals surface area (Å²) in [7, 11) is 2.06. The molecule has 1 fully saturated rings. The van der Waals surface area contributed by atoms with Crippen LogP contribution in [0.3, 0.4) is 0 Å². The molecule has 4 heteroatoms. The van der Waals surface area contributed by atoms with Crippen molar-refractivity contribution >= 4 is 17.1 Å². The van der Waals surface area contributed by atoms with Crippen molar-refractivity contribution < 1.29 is 1.43 Å². The number of piperidine rings is 1. The van der Waals surface area contributed by atoms with Gasteiger partial charge in [-0.15, -0.1) is 6.58 Å². The molecule has 4 nitrogen and oxygen atoms in total. The van der Waals surface area contributed by atoms with Crippen molar-refractivity contribution in [3.05, 3.63) is 60.2 Å². The summed E-state index contributed by atoms with van der Waals surface area (Å²) in [6, 6.07) is 9.24. The molecular formula is C24H40N4. The van der Waals surface area contributed by atoms with E-state index in [1.54, 1.807) is 6.08 Å². The first-order chi connectivity index (χ1) is 13.5. The Hall–Kier alpha value is -2.33. The highest BCUT2D eigenvalue weighted by Gasteiger charge is 2.17. The molecule has 1 aromatic rings. The maximum absolute atomic E-state index is 4.53. The second kappa shape index (κ2) is 12.9. The van der Waals surface area contributed by atoms with Crippen LogP contribution in [0.25, 0.3) is 0 Å². The number of hydrogen-bond acceptors (Lipinski definition) is 4. The van der Waals surface area contributed by atoms with E-state index in [2.05, 4.69) is 78.6 Å². The molecule has 0 spiro atoms. The van der Waals surface area contributed by atoms with Crippen molar-refractivity contribution in [2.24, 2.45) is 5.10 Å². The summed E-state index contributed by atoms with van der Waals surface area (Å²) in [4.78, 5) is 2.46. The molecule has 1 aliphatic heterocycles. The molecule has 2 N–H and O–H groups in total. The van der Waals surface area contributed by atoms with E-state index in [1.807, 2.05) is 26.8 Å². The molecule has 0 aromatic heterocycles. The molecule has 1 aliphatic rings. The lowest BCUT2D eigenvalue weighted by Gasteiger charge is -2.33. The lowest BCUT2D eigenvalue weighted by molar-refractivity contribution is 0.442. The third-order valence-corrected chi connectivity index (χ3v) is 4.75. The predicted molar refractivity (Wildman–Crippen MR) is 129 cm³/mol. The molecule has 0 bridgehead atoms. The smallest absolute Gasteiger partial charge is 0.0647 e. The average molecular weight is 385 g/mol. The summed E-state index contributed by atoms with van der Waals surface area (Å²) < 4.78 is 0. The van der Waals surface area contributed by atoms with Gasteiger partial charge < -0.3 is 10.2 Å². The molecule has 0 atom stereocenters. The number of hydrazone groups is 1. The Morgan fingerprint density at radius 1 is 1.14 bits per heavy atom. The van der Waals surface area contributed by atoms with Gasteiger partial charge in [0.05, 0.1) is 11.4 Å². The van der Waals surface area contributed by atoms with E-state index < -0.39 is 0 Å².